The van der Waals surface area contributed by atoms with Gasteiger partial charge in [-0.3, -0.25) is 0 Å². The second kappa shape index (κ2) is 8.97. The van der Waals surface area contributed by atoms with Crippen molar-refractivity contribution in [3.05, 3.63) is 0 Å². The molecule has 0 fully saturated rings. The Morgan fingerprint density at radius 1 is 1.00 bits per heavy atom. The van der Waals surface area contributed by atoms with Crippen LogP contribution in [0.5, 0.6) is 0 Å². The fourth-order valence-electron chi connectivity index (χ4n) is 0. The zero-order valence-electron chi connectivity index (χ0n) is 3.17. The SMILES string of the molecule is CSSC.[Fe]. The van der Waals surface area contributed by atoms with Crippen molar-refractivity contribution in [1.82, 2.24) is 0 Å². The summed E-state index contributed by atoms with van der Waals surface area (Å²) in [5.74, 6) is 0. The predicted molar refractivity (Wildman–Crippen MR) is 27.0 cm³/mol. The van der Waals surface area contributed by atoms with Crippen LogP contribution in [-0.2, 0) is 17.1 Å². The molecular weight excluding hydrogens is 144 g/mol. The quantitative estimate of drug-likeness (QED) is 0.411. The second-order valence-corrected chi connectivity index (χ2v) is 3.00. The van der Waals surface area contributed by atoms with Gasteiger partial charge in [-0.25, -0.2) is 0 Å². The molecule has 0 aliphatic rings. The van der Waals surface area contributed by atoms with Crippen LogP contribution in [0, 0.1) is 0 Å². The molecule has 0 unspecified atom stereocenters. The smallest absolute Gasteiger partial charge is 0 e. The van der Waals surface area contributed by atoms with E-state index in [9.17, 15) is 0 Å². The van der Waals surface area contributed by atoms with E-state index in [1.165, 1.54) is 0 Å². The summed E-state index contributed by atoms with van der Waals surface area (Å²) in [6.07, 6.45) is 4.12. The molecule has 0 N–H and O–H groups in total. The third-order valence-corrected chi connectivity index (χ3v) is 1.50. The van der Waals surface area contributed by atoms with Crippen LogP contribution in [0.3, 0.4) is 0 Å². The maximum absolute atomic E-state index is 2.06. The van der Waals surface area contributed by atoms with E-state index in [0.29, 0.717) is 0 Å². The van der Waals surface area contributed by atoms with Gasteiger partial charge in [0.2, 0.25) is 0 Å². The summed E-state index contributed by atoms with van der Waals surface area (Å²) in [6, 6.07) is 0. The summed E-state index contributed by atoms with van der Waals surface area (Å²) in [5, 5.41) is 0. The van der Waals surface area contributed by atoms with Crippen molar-refractivity contribution in [1.29, 1.82) is 0 Å². The molecule has 0 bridgehead atoms. The Hall–Kier alpha value is 1.22. The first-order valence-corrected chi connectivity index (χ1v) is 3.95. The molecular formula is C2H6FeS2. The molecule has 0 aliphatic heterocycles. The van der Waals surface area contributed by atoms with Crippen LogP contribution in [0.25, 0.3) is 0 Å². The zero-order valence-corrected chi connectivity index (χ0v) is 5.91. The summed E-state index contributed by atoms with van der Waals surface area (Å²) >= 11 is 0. The Kier molecular flexibility index (Phi) is 17.1. The normalized spacial score (nSPS) is 6.00. The van der Waals surface area contributed by atoms with E-state index >= 15 is 0 Å². The molecule has 0 aromatic heterocycles. The minimum atomic E-state index is 0. The topological polar surface area (TPSA) is 0 Å². The van der Waals surface area contributed by atoms with Crippen LogP contribution in [0.2, 0.25) is 0 Å². The molecule has 34 valence electrons. The van der Waals surface area contributed by atoms with E-state index in [-0.39, 0.29) is 17.1 Å². The fraction of sp³-hybridized carbons (Fsp3) is 1.00. The Morgan fingerprint density at radius 2 is 1.20 bits per heavy atom. The minimum Gasteiger partial charge on any atom is -0.0979 e. The first-order chi connectivity index (χ1) is 1.91. The standard InChI is InChI=1S/C2H6S2.Fe/c1-3-4-2;/h1-2H3;. The first-order valence-electron chi connectivity index (χ1n) is 0.983. The molecule has 0 heterocycles. The van der Waals surface area contributed by atoms with Crippen molar-refractivity contribution in [2.75, 3.05) is 12.5 Å². The Balaban J connectivity index is 0. The van der Waals surface area contributed by atoms with Gasteiger partial charge in [0.05, 0.1) is 0 Å². The van der Waals surface area contributed by atoms with E-state index in [0.717, 1.165) is 0 Å². The van der Waals surface area contributed by atoms with Gasteiger partial charge in [-0.05, 0) is 12.5 Å². The maximum atomic E-state index is 2.06. The van der Waals surface area contributed by atoms with Gasteiger partial charge in [-0.1, -0.05) is 21.6 Å². The maximum Gasteiger partial charge on any atom is 0 e. The Bertz CT molecular complexity index is 9.61. The van der Waals surface area contributed by atoms with Crippen molar-refractivity contribution in [2.24, 2.45) is 0 Å². The molecule has 0 amide bonds. The molecule has 0 atom stereocenters. The predicted octanol–water partition coefficient (Wildman–Crippen LogP) is 1.62. The minimum absolute atomic E-state index is 0. The van der Waals surface area contributed by atoms with E-state index < -0.39 is 0 Å². The van der Waals surface area contributed by atoms with Crippen molar-refractivity contribution in [2.45, 2.75) is 0 Å². The van der Waals surface area contributed by atoms with Crippen molar-refractivity contribution >= 4 is 21.6 Å². The van der Waals surface area contributed by atoms with Crippen LogP contribution in [-0.4, -0.2) is 12.5 Å². The van der Waals surface area contributed by atoms with E-state index in [1.807, 2.05) is 0 Å². The summed E-state index contributed by atoms with van der Waals surface area (Å²) in [5.41, 5.74) is 0. The third-order valence-electron chi connectivity index (χ3n) is 0.167. The van der Waals surface area contributed by atoms with Gasteiger partial charge in [0.1, 0.15) is 0 Å². The van der Waals surface area contributed by atoms with Crippen LogP contribution >= 0.6 is 21.6 Å². The number of hydrogen-bond donors (Lipinski definition) is 0. The van der Waals surface area contributed by atoms with Gasteiger partial charge in [0.15, 0.2) is 0 Å². The summed E-state index contributed by atoms with van der Waals surface area (Å²) < 4.78 is 0. The number of rotatable bonds is 1. The van der Waals surface area contributed by atoms with Crippen LogP contribution in [0.4, 0.5) is 0 Å². The van der Waals surface area contributed by atoms with E-state index in [4.69, 9.17) is 0 Å². The number of hydrogen-bond acceptors (Lipinski definition) is 2. The van der Waals surface area contributed by atoms with E-state index in [1.54, 1.807) is 21.6 Å². The molecule has 0 radical (unpaired) electrons. The average Bonchev–Trinajstić information content (AvgIpc) is 1.37. The van der Waals surface area contributed by atoms with Gasteiger partial charge in [0.25, 0.3) is 0 Å². The molecule has 0 rings (SSSR count). The van der Waals surface area contributed by atoms with Crippen LogP contribution < -0.4 is 0 Å². The van der Waals surface area contributed by atoms with Gasteiger partial charge in [0, 0.05) is 17.1 Å². The van der Waals surface area contributed by atoms with Crippen molar-refractivity contribution < 1.29 is 17.1 Å². The fourth-order valence-corrected chi connectivity index (χ4v) is 0. The average molecular weight is 150 g/mol. The molecule has 0 saturated heterocycles. The van der Waals surface area contributed by atoms with Crippen LogP contribution in [0.15, 0.2) is 0 Å². The molecule has 0 spiro atoms. The summed E-state index contributed by atoms with van der Waals surface area (Å²) in [4.78, 5) is 0. The van der Waals surface area contributed by atoms with Crippen molar-refractivity contribution in [3.8, 4) is 0 Å². The molecule has 0 saturated carbocycles. The molecule has 0 aromatic carbocycles. The molecule has 0 aliphatic carbocycles. The largest absolute Gasteiger partial charge is 0.0979 e. The first kappa shape index (κ1) is 9.52. The van der Waals surface area contributed by atoms with Crippen LogP contribution in [0.1, 0.15) is 0 Å². The summed E-state index contributed by atoms with van der Waals surface area (Å²) in [6.45, 7) is 0. The Morgan fingerprint density at radius 3 is 1.20 bits per heavy atom. The summed E-state index contributed by atoms with van der Waals surface area (Å²) in [7, 11) is 3.55. The molecule has 0 aromatic rings. The van der Waals surface area contributed by atoms with E-state index in [2.05, 4.69) is 12.5 Å². The second-order valence-electron chi connectivity index (χ2n) is 0.333. The molecule has 5 heavy (non-hydrogen) atoms. The zero-order chi connectivity index (χ0) is 3.41. The monoisotopic (exact) mass is 150 g/mol. The molecule has 0 nitrogen and oxygen atoms in total. The van der Waals surface area contributed by atoms with Crippen molar-refractivity contribution in [3.63, 3.8) is 0 Å². The van der Waals surface area contributed by atoms with Gasteiger partial charge >= 0.3 is 0 Å². The van der Waals surface area contributed by atoms with Gasteiger partial charge in [-0.2, -0.15) is 0 Å². The third kappa shape index (κ3) is 11.0. The Labute approximate surface area is 51.3 Å². The van der Waals surface area contributed by atoms with Gasteiger partial charge in [-0.15, -0.1) is 0 Å². The van der Waals surface area contributed by atoms with Gasteiger partial charge < -0.3 is 0 Å². The molecule has 3 heteroatoms.